The highest BCUT2D eigenvalue weighted by Gasteiger charge is 2.09. The summed E-state index contributed by atoms with van der Waals surface area (Å²) in [7, 11) is 0. The quantitative estimate of drug-likeness (QED) is 0.420. The molecule has 1 aromatic heterocycles. The summed E-state index contributed by atoms with van der Waals surface area (Å²) >= 11 is 12.1. The van der Waals surface area contributed by atoms with Crippen molar-refractivity contribution in [1.82, 2.24) is 0 Å². The number of halogens is 2. The lowest BCUT2D eigenvalue weighted by molar-refractivity contribution is 0.104. The Balaban J connectivity index is 1.81. The number of furan rings is 1. The summed E-state index contributed by atoms with van der Waals surface area (Å²) in [5.74, 6) is 1.09. The molecule has 2 nitrogen and oxygen atoms in total. The number of allylic oxidation sites excluding steroid dienone is 1. The van der Waals surface area contributed by atoms with E-state index in [1.165, 1.54) is 6.08 Å². The Labute approximate surface area is 144 Å². The number of hydrogen-bond donors (Lipinski definition) is 0. The molecule has 1 heterocycles. The molecule has 0 unspecified atom stereocenters. The highest BCUT2D eigenvalue weighted by Crippen LogP contribution is 2.32. The fourth-order valence-electron chi connectivity index (χ4n) is 2.13. The lowest BCUT2D eigenvalue weighted by atomic mass is 10.1. The van der Waals surface area contributed by atoms with E-state index in [4.69, 9.17) is 27.6 Å². The second-order valence-electron chi connectivity index (χ2n) is 4.89. The summed E-state index contributed by atoms with van der Waals surface area (Å²) < 4.78 is 5.71. The van der Waals surface area contributed by atoms with Crippen LogP contribution < -0.4 is 0 Å². The van der Waals surface area contributed by atoms with Gasteiger partial charge in [-0.15, -0.1) is 0 Å². The van der Waals surface area contributed by atoms with Gasteiger partial charge in [0, 0.05) is 16.1 Å². The van der Waals surface area contributed by atoms with Gasteiger partial charge in [0.05, 0.1) is 5.02 Å². The molecule has 0 radical (unpaired) electrons. The van der Waals surface area contributed by atoms with E-state index in [1.54, 1.807) is 48.5 Å². The zero-order chi connectivity index (χ0) is 16.2. The Hall–Kier alpha value is -2.29. The molecule has 3 rings (SSSR count). The van der Waals surface area contributed by atoms with E-state index in [1.807, 2.05) is 18.2 Å². The zero-order valence-corrected chi connectivity index (χ0v) is 13.5. The smallest absolute Gasteiger partial charge is 0.185 e. The lowest BCUT2D eigenvalue weighted by Gasteiger charge is -2.01. The molecule has 0 saturated heterocycles. The highest BCUT2D eigenvalue weighted by molar-refractivity contribution is 6.35. The topological polar surface area (TPSA) is 30.2 Å². The van der Waals surface area contributed by atoms with Crippen molar-refractivity contribution in [2.24, 2.45) is 0 Å². The molecule has 0 fully saturated rings. The van der Waals surface area contributed by atoms with Crippen molar-refractivity contribution in [3.63, 3.8) is 0 Å². The maximum absolute atomic E-state index is 12.0. The van der Waals surface area contributed by atoms with E-state index in [-0.39, 0.29) is 5.78 Å². The number of carbonyl (C=O) groups excluding carboxylic acids is 1. The molecule has 0 atom stereocenters. The van der Waals surface area contributed by atoms with Crippen LogP contribution in [0.2, 0.25) is 10.0 Å². The Morgan fingerprint density at radius 2 is 1.74 bits per heavy atom. The van der Waals surface area contributed by atoms with Crippen molar-refractivity contribution >= 4 is 35.1 Å². The van der Waals surface area contributed by atoms with Crippen LogP contribution in [0.5, 0.6) is 0 Å². The molecular weight excluding hydrogens is 331 g/mol. The Morgan fingerprint density at radius 1 is 0.957 bits per heavy atom. The lowest BCUT2D eigenvalue weighted by Crippen LogP contribution is -1.92. The molecule has 3 aromatic rings. The van der Waals surface area contributed by atoms with Crippen molar-refractivity contribution in [3.05, 3.63) is 88.1 Å². The van der Waals surface area contributed by atoms with Gasteiger partial charge in [-0.25, -0.2) is 0 Å². The molecule has 0 aliphatic rings. The van der Waals surface area contributed by atoms with Gasteiger partial charge in [0.25, 0.3) is 0 Å². The third-order valence-electron chi connectivity index (χ3n) is 3.28. The molecule has 2 aromatic carbocycles. The normalized spacial score (nSPS) is 11.0. The summed E-state index contributed by atoms with van der Waals surface area (Å²) in [6.45, 7) is 0. The van der Waals surface area contributed by atoms with Crippen LogP contribution in [-0.2, 0) is 0 Å². The largest absolute Gasteiger partial charge is 0.457 e. The van der Waals surface area contributed by atoms with E-state index in [2.05, 4.69) is 0 Å². The van der Waals surface area contributed by atoms with Crippen LogP contribution in [-0.4, -0.2) is 5.78 Å². The van der Waals surface area contributed by atoms with Crippen LogP contribution in [0.4, 0.5) is 0 Å². The second-order valence-corrected chi connectivity index (χ2v) is 5.73. The van der Waals surface area contributed by atoms with Gasteiger partial charge < -0.3 is 4.42 Å². The van der Waals surface area contributed by atoms with Crippen molar-refractivity contribution in [2.45, 2.75) is 0 Å². The van der Waals surface area contributed by atoms with Gasteiger partial charge in [0.15, 0.2) is 5.78 Å². The minimum Gasteiger partial charge on any atom is -0.457 e. The molecule has 0 amide bonds. The van der Waals surface area contributed by atoms with Gasteiger partial charge in [-0.3, -0.25) is 4.79 Å². The number of hydrogen-bond acceptors (Lipinski definition) is 2. The molecule has 0 saturated carbocycles. The van der Waals surface area contributed by atoms with Crippen molar-refractivity contribution in [1.29, 1.82) is 0 Å². The number of benzene rings is 2. The maximum Gasteiger partial charge on any atom is 0.185 e. The zero-order valence-electron chi connectivity index (χ0n) is 12.0. The first-order chi connectivity index (χ1) is 11.1. The van der Waals surface area contributed by atoms with Gasteiger partial charge in [-0.05, 0) is 42.5 Å². The monoisotopic (exact) mass is 342 g/mol. The first-order valence-electron chi connectivity index (χ1n) is 6.96. The van der Waals surface area contributed by atoms with E-state index in [0.717, 1.165) is 0 Å². The number of carbonyl (C=O) groups is 1. The predicted octanol–water partition coefficient (Wildman–Crippen LogP) is 6.15. The molecule has 4 heteroatoms. The van der Waals surface area contributed by atoms with Crippen LogP contribution in [0.15, 0.2) is 71.2 Å². The first kappa shape index (κ1) is 15.6. The summed E-state index contributed by atoms with van der Waals surface area (Å²) in [5.41, 5.74) is 1.35. The van der Waals surface area contributed by atoms with Crippen molar-refractivity contribution in [3.8, 4) is 11.3 Å². The molecule has 0 aliphatic carbocycles. The minimum atomic E-state index is -0.0793. The van der Waals surface area contributed by atoms with Gasteiger partial charge >= 0.3 is 0 Å². The second kappa shape index (κ2) is 6.86. The minimum absolute atomic E-state index is 0.0793. The van der Waals surface area contributed by atoms with Crippen molar-refractivity contribution in [2.75, 3.05) is 0 Å². The standard InChI is InChI=1S/C19H12Cl2O2/c20-14-6-9-17(21)16(12-14)19-11-8-15(23-19)7-10-18(22)13-4-2-1-3-5-13/h1-12H/b10-7+. The van der Waals surface area contributed by atoms with Crippen molar-refractivity contribution < 1.29 is 9.21 Å². The predicted molar refractivity (Wildman–Crippen MR) is 94.0 cm³/mol. The molecule has 0 aliphatic heterocycles. The molecular formula is C19H12Cl2O2. The maximum atomic E-state index is 12.0. The number of rotatable bonds is 4. The SMILES string of the molecule is O=C(/C=C/c1ccc(-c2cc(Cl)ccc2Cl)o1)c1ccccc1. The molecule has 0 bridgehead atoms. The Kier molecular flexibility index (Phi) is 4.65. The Bertz CT molecular complexity index is 864. The fourth-order valence-corrected chi connectivity index (χ4v) is 2.51. The summed E-state index contributed by atoms with van der Waals surface area (Å²) in [6, 6.07) is 17.8. The van der Waals surface area contributed by atoms with E-state index in [9.17, 15) is 4.79 Å². The highest BCUT2D eigenvalue weighted by atomic mass is 35.5. The average Bonchev–Trinajstić information content (AvgIpc) is 3.04. The molecule has 0 N–H and O–H groups in total. The van der Waals surface area contributed by atoms with Gasteiger partial charge in [0.1, 0.15) is 11.5 Å². The molecule has 0 spiro atoms. The first-order valence-corrected chi connectivity index (χ1v) is 7.72. The van der Waals surface area contributed by atoms with Gasteiger partial charge in [-0.1, -0.05) is 53.5 Å². The van der Waals surface area contributed by atoms with Crippen LogP contribution in [0, 0.1) is 0 Å². The Morgan fingerprint density at radius 3 is 2.52 bits per heavy atom. The summed E-state index contributed by atoms with van der Waals surface area (Å²) in [4.78, 5) is 12.0. The third kappa shape index (κ3) is 3.73. The van der Waals surface area contributed by atoms with Crippen LogP contribution in [0.25, 0.3) is 17.4 Å². The molecule has 23 heavy (non-hydrogen) atoms. The number of ketones is 1. The van der Waals surface area contributed by atoms with Crippen LogP contribution in [0.3, 0.4) is 0 Å². The van der Waals surface area contributed by atoms with E-state index < -0.39 is 0 Å². The van der Waals surface area contributed by atoms with E-state index >= 15 is 0 Å². The molecule has 114 valence electrons. The van der Waals surface area contributed by atoms with Gasteiger partial charge in [-0.2, -0.15) is 0 Å². The average molecular weight is 343 g/mol. The summed E-state index contributed by atoms with van der Waals surface area (Å²) in [6.07, 6.45) is 3.12. The van der Waals surface area contributed by atoms with Crippen LogP contribution in [0.1, 0.15) is 16.1 Å². The van der Waals surface area contributed by atoms with Crippen LogP contribution >= 0.6 is 23.2 Å². The summed E-state index contributed by atoms with van der Waals surface area (Å²) in [5, 5.41) is 1.14. The fraction of sp³-hybridized carbons (Fsp3) is 0. The van der Waals surface area contributed by atoms with Gasteiger partial charge in [0.2, 0.25) is 0 Å². The van der Waals surface area contributed by atoms with E-state index in [0.29, 0.717) is 32.7 Å². The third-order valence-corrected chi connectivity index (χ3v) is 3.84.